The number of nitriles is 1. The van der Waals surface area contributed by atoms with Crippen molar-refractivity contribution in [2.75, 3.05) is 37.7 Å². The van der Waals surface area contributed by atoms with Gasteiger partial charge in [0.15, 0.2) is 5.82 Å². The number of benzene rings is 2. The molecule has 5 heterocycles. The van der Waals surface area contributed by atoms with Gasteiger partial charge in [0.05, 0.1) is 22.9 Å². The van der Waals surface area contributed by atoms with Crippen molar-refractivity contribution in [3.63, 3.8) is 0 Å². The molecule has 8 nitrogen and oxygen atoms in total. The van der Waals surface area contributed by atoms with Gasteiger partial charge in [0.1, 0.15) is 41.4 Å². The Bertz CT molecular complexity index is 1810. The number of fused-ring (bicyclic) bond motifs is 3. The second kappa shape index (κ2) is 11.1. The van der Waals surface area contributed by atoms with Crippen molar-refractivity contribution in [1.29, 1.82) is 5.26 Å². The molecule has 2 aromatic carbocycles. The lowest BCUT2D eigenvalue weighted by Gasteiger charge is -2.32. The Morgan fingerprint density at radius 1 is 1.16 bits per heavy atom. The minimum absolute atomic E-state index is 0.0319. The molecule has 44 heavy (non-hydrogen) atoms. The van der Waals surface area contributed by atoms with Crippen molar-refractivity contribution in [3.05, 3.63) is 47.7 Å². The summed E-state index contributed by atoms with van der Waals surface area (Å²) in [6, 6.07) is 8.10. The van der Waals surface area contributed by atoms with Crippen LogP contribution in [-0.4, -0.2) is 69.5 Å². The zero-order valence-electron chi connectivity index (χ0n) is 24.5. The Labute approximate surface area is 253 Å². The maximum atomic E-state index is 16.7. The van der Waals surface area contributed by atoms with Crippen LogP contribution >= 0.6 is 0 Å². The molecule has 3 aliphatic rings. The molecule has 1 N–H and O–H groups in total. The van der Waals surface area contributed by atoms with E-state index in [0.717, 1.165) is 32.2 Å². The first-order valence-corrected chi connectivity index (χ1v) is 15.3. The molecule has 4 aromatic rings. The first kappa shape index (κ1) is 28.6. The lowest BCUT2D eigenvalue weighted by Crippen LogP contribution is -2.43. The highest BCUT2D eigenvalue weighted by Crippen LogP contribution is 2.42. The fourth-order valence-corrected chi connectivity index (χ4v) is 7.47. The molecule has 0 saturated carbocycles. The summed E-state index contributed by atoms with van der Waals surface area (Å²) < 4.78 is 52.2. The summed E-state index contributed by atoms with van der Waals surface area (Å²) in [7, 11) is 0. The van der Waals surface area contributed by atoms with Crippen molar-refractivity contribution in [3.8, 4) is 29.1 Å². The maximum absolute atomic E-state index is 16.7. The molecule has 2 unspecified atom stereocenters. The van der Waals surface area contributed by atoms with Crippen molar-refractivity contribution in [2.45, 2.75) is 57.2 Å². The minimum atomic E-state index is -0.927. The van der Waals surface area contributed by atoms with Crippen LogP contribution in [0.2, 0.25) is 0 Å². The predicted octanol–water partition coefficient (Wildman–Crippen LogP) is 6.09. The number of hydrogen-bond acceptors (Lipinski definition) is 8. The topological polar surface area (TPSA) is 98.4 Å². The highest BCUT2D eigenvalue weighted by atomic mass is 19.1. The number of ether oxygens (including phenoxy) is 1. The summed E-state index contributed by atoms with van der Waals surface area (Å²) in [5, 5.41) is 21.5. The molecular weight excluding hydrogens is 569 g/mol. The number of aromatic hydroxyl groups is 1. The molecule has 0 bridgehead atoms. The number of alkyl halides is 1. The third-order valence-electron chi connectivity index (χ3n) is 9.54. The first-order valence-electron chi connectivity index (χ1n) is 15.3. The van der Waals surface area contributed by atoms with Crippen LogP contribution in [-0.2, 0) is 6.42 Å². The molecule has 0 amide bonds. The SMILES string of the molecule is CCc1c(F)ccc2cc(O)cc(-c3ncc4c(N5CCCC(C#N)C5)nc(OC[C@@]56CCCN5CC(F)C6)nc4c3F)c12. The van der Waals surface area contributed by atoms with Crippen LogP contribution in [0.3, 0.4) is 0 Å². The number of pyridine rings is 1. The number of aryl methyl sites for hydroxylation is 1. The third kappa shape index (κ3) is 4.76. The van der Waals surface area contributed by atoms with E-state index in [1.54, 1.807) is 6.07 Å². The molecule has 3 saturated heterocycles. The lowest BCUT2D eigenvalue weighted by molar-refractivity contribution is 0.107. The van der Waals surface area contributed by atoms with Crippen molar-refractivity contribution < 1.29 is 23.0 Å². The molecule has 3 fully saturated rings. The molecule has 3 aliphatic heterocycles. The van der Waals surface area contributed by atoms with Gasteiger partial charge in [-0.05, 0) is 73.2 Å². The Kier molecular flexibility index (Phi) is 7.20. The van der Waals surface area contributed by atoms with Gasteiger partial charge in [0.25, 0.3) is 0 Å². The minimum Gasteiger partial charge on any atom is -0.508 e. The zero-order chi connectivity index (χ0) is 30.6. The van der Waals surface area contributed by atoms with E-state index in [4.69, 9.17) is 9.72 Å². The Hall–Kier alpha value is -4.17. The summed E-state index contributed by atoms with van der Waals surface area (Å²) in [6.45, 7) is 4.20. The van der Waals surface area contributed by atoms with E-state index in [9.17, 15) is 19.1 Å². The van der Waals surface area contributed by atoms with Gasteiger partial charge < -0.3 is 14.7 Å². The molecule has 0 aliphatic carbocycles. The Morgan fingerprint density at radius 2 is 2.02 bits per heavy atom. The average Bonchev–Trinajstić information content (AvgIpc) is 3.55. The zero-order valence-corrected chi connectivity index (χ0v) is 24.5. The van der Waals surface area contributed by atoms with Crippen molar-refractivity contribution in [1.82, 2.24) is 19.9 Å². The first-order chi connectivity index (χ1) is 21.3. The van der Waals surface area contributed by atoms with Crippen molar-refractivity contribution >= 4 is 27.5 Å². The number of anilines is 1. The number of aromatic nitrogens is 3. The lowest BCUT2D eigenvalue weighted by atomic mass is 9.94. The van der Waals surface area contributed by atoms with E-state index in [1.165, 1.54) is 24.4 Å². The molecular formula is C33H33F3N6O2. The molecule has 228 valence electrons. The number of nitrogens with zero attached hydrogens (tertiary/aromatic N) is 6. The fraction of sp³-hybridized carbons (Fsp3) is 0.455. The smallest absolute Gasteiger partial charge is 0.319 e. The van der Waals surface area contributed by atoms with Crippen LogP contribution in [0.15, 0.2) is 30.5 Å². The summed E-state index contributed by atoms with van der Waals surface area (Å²) in [4.78, 5) is 17.8. The van der Waals surface area contributed by atoms with Crippen LogP contribution in [0, 0.1) is 28.9 Å². The van der Waals surface area contributed by atoms with Gasteiger partial charge in [0, 0.05) is 37.8 Å². The Balaban J connectivity index is 1.38. The molecule has 0 spiro atoms. The van der Waals surface area contributed by atoms with Crippen LogP contribution in [0.5, 0.6) is 11.8 Å². The van der Waals surface area contributed by atoms with E-state index in [1.807, 2.05) is 11.8 Å². The number of phenolic OH excluding ortho intramolecular Hbond substituents is 1. The van der Waals surface area contributed by atoms with Gasteiger partial charge in [-0.1, -0.05) is 13.0 Å². The highest BCUT2D eigenvalue weighted by Gasteiger charge is 2.49. The van der Waals surface area contributed by atoms with Gasteiger partial charge >= 0.3 is 6.01 Å². The standard InChI is InChI=1S/C33H33F3N6O2/c1-2-23-26(35)7-6-20-11-22(43)12-24(27(20)23)29-28(36)30-25(15-38-29)31(41-9-3-5-19(14-37)16-41)40-32(39-30)44-18-33-8-4-10-42(33)17-21(34)13-33/h6-7,11-12,15,19,21,43H,2-5,8-10,13,16-18H2,1H3/t19?,21?,33-/m0/s1. The average molecular weight is 603 g/mol. The third-order valence-corrected chi connectivity index (χ3v) is 9.54. The summed E-state index contributed by atoms with van der Waals surface area (Å²) >= 11 is 0. The number of phenols is 1. The number of hydrogen-bond donors (Lipinski definition) is 1. The van der Waals surface area contributed by atoms with E-state index < -0.39 is 23.3 Å². The van der Waals surface area contributed by atoms with E-state index in [0.29, 0.717) is 60.0 Å². The second-order valence-corrected chi connectivity index (χ2v) is 12.3. The quantitative estimate of drug-likeness (QED) is 0.283. The van der Waals surface area contributed by atoms with Gasteiger partial charge in [-0.3, -0.25) is 9.88 Å². The van der Waals surface area contributed by atoms with Gasteiger partial charge in [-0.2, -0.15) is 15.2 Å². The molecule has 3 atom stereocenters. The van der Waals surface area contributed by atoms with Crippen LogP contribution in [0.25, 0.3) is 32.9 Å². The number of halogens is 3. The normalized spacial score (nSPS) is 23.8. The van der Waals surface area contributed by atoms with E-state index >= 15 is 4.39 Å². The molecule has 11 heteroatoms. The summed E-state index contributed by atoms with van der Waals surface area (Å²) in [5.41, 5.74) is 0.0828. The molecule has 7 rings (SSSR count). The van der Waals surface area contributed by atoms with Crippen LogP contribution in [0.4, 0.5) is 19.0 Å². The monoisotopic (exact) mass is 602 g/mol. The largest absolute Gasteiger partial charge is 0.508 e. The summed E-state index contributed by atoms with van der Waals surface area (Å²) in [5.74, 6) is -1.07. The van der Waals surface area contributed by atoms with Gasteiger partial charge in [0.2, 0.25) is 0 Å². The number of rotatable bonds is 6. The van der Waals surface area contributed by atoms with Crippen LogP contribution < -0.4 is 9.64 Å². The Morgan fingerprint density at radius 3 is 2.84 bits per heavy atom. The number of piperidine rings is 1. The maximum Gasteiger partial charge on any atom is 0.319 e. The van der Waals surface area contributed by atoms with Gasteiger partial charge in [-0.15, -0.1) is 0 Å². The van der Waals surface area contributed by atoms with E-state index in [2.05, 4.69) is 20.9 Å². The summed E-state index contributed by atoms with van der Waals surface area (Å²) in [6.07, 6.45) is 4.57. The fourth-order valence-electron chi connectivity index (χ4n) is 7.47. The predicted molar refractivity (Wildman–Crippen MR) is 160 cm³/mol. The second-order valence-electron chi connectivity index (χ2n) is 12.3. The van der Waals surface area contributed by atoms with Crippen LogP contribution in [0.1, 0.15) is 44.6 Å². The van der Waals surface area contributed by atoms with Gasteiger partial charge in [-0.25, -0.2) is 13.2 Å². The van der Waals surface area contributed by atoms with Crippen molar-refractivity contribution in [2.24, 2.45) is 5.92 Å². The molecule has 2 aromatic heterocycles. The molecule has 0 radical (unpaired) electrons. The van der Waals surface area contributed by atoms with E-state index in [-0.39, 0.29) is 41.1 Å². The highest BCUT2D eigenvalue weighted by molar-refractivity contribution is 6.01.